The minimum atomic E-state index is 0.577. The van der Waals surface area contributed by atoms with Crippen molar-refractivity contribution in [3.05, 3.63) is 29.8 Å². The van der Waals surface area contributed by atoms with Crippen LogP contribution < -0.4 is 10.2 Å². The van der Waals surface area contributed by atoms with E-state index in [9.17, 15) is 0 Å². The summed E-state index contributed by atoms with van der Waals surface area (Å²) < 4.78 is 5.28. The first-order valence-corrected chi connectivity index (χ1v) is 7.26. The topological polar surface area (TPSA) is 24.5 Å². The van der Waals surface area contributed by atoms with Crippen LogP contribution in [0.25, 0.3) is 0 Å². The van der Waals surface area contributed by atoms with Crippen molar-refractivity contribution >= 4 is 5.69 Å². The molecule has 1 aromatic carbocycles. The Kier molecular flexibility index (Phi) is 7.53. The Hall–Kier alpha value is -1.06. The molecule has 0 aromatic heterocycles. The first-order valence-electron chi connectivity index (χ1n) is 7.26. The van der Waals surface area contributed by atoms with Gasteiger partial charge in [-0.25, -0.2) is 0 Å². The van der Waals surface area contributed by atoms with E-state index in [0.29, 0.717) is 6.04 Å². The van der Waals surface area contributed by atoms with Gasteiger partial charge in [-0.15, -0.1) is 0 Å². The van der Waals surface area contributed by atoms with Crippen LogP contribution in [0.5, 0.6) is 0 Å². The molecule has 3 heteroatoms. The van der Waals surface area contributed by atoms with Gasteiger partial charge < -0.3 is 15.0 Å². The van der Waals surface area contributed by atoms with Crippen molar-refractivity contribution in [1.29, 1.82) is 0 Å². The molecule has 0 amide bonds. The van der Waals surface area contributed by atoms with Gasteiger partial charge in [-0.05, 0) is 31.5 Å². The normalized spacial score (nSPS) is 11.0. The second-order valence-corrected chi connectivity index (χ2v) is 4.82. The summed E-state index contributed by atoms with van der Waals surface area (Å²) in [6.07, 6.45) is 2.32. The van der Waals surface area contributed by atoms with Gasteiger partial charge in [-0.2, -0.15) is 0 Å². The van der Waals surface area contributed by atoms with Gasteiger partial charge in [0, 0.05) is 31.9 Å². The van der Waals surface area contributed by atoms with Crippen LogP contribution in [0.15, 0.2) is 24.3 Å². The summed E-state index contributed by atoms with van der Waals surface area (Å²) in [4.78, 5) is 2.50. The molecule has 3 nitrogen and oxygen atoms in total. The molecule has 0 spiro atoms. The van der Waals surface area contributed by atoms with Crippen LogP contribution in [-0.2, 0) is 11.3 Å². The smallest absolute Gasteiger partial charge is 0.0637 e. The average Bonchev–Trinajstić information content (AvgIpc) is 2.45. The lowest BCUT2D eigenvalue weighted by atomic mass is 10.1. The summed E-state index contributed by atoms with van der Waals surface area (Å²) in [7, 11) is 3.76. The van der Waals surface area contributed by atoms with Crippen molar-refractivity contribution in [1.82, 2.24) is 5.32 Å². The number of hydrogen-bond donors (Lipinski definition) is 1. The summed E-state index contributed by atoms with van der Waals surface area (Å²) in [5.41, 5.74) is 2.69. The predicted molar refractivity (Wildman–Crippen MR) is 82.8 cm³/mol. The Morgan fingerprint density at radius 1 is 1.21 bits per heavy atom. The quantitative estimate of drug-likeness (QED) is 0.742. The van der Waals surface area contributed by atoms with Crippen LogP contribution in [0.2, 0.25) is 0 Å². The highest BCUT2D eigenvalue weighted by Crippen LogP contribution is 2.24. The lowest BCUT2D eigenvalue weighted by Gasteiger charge is -2.34. The van der Waals surface area contributed by atoms with Gasteiger partial charge in [-0.3, -0.25) is 0 Å². The molecule has 0 bridgehead atoms. The average molecular weight is 264 g/mol. The zero-order valence-electron chi connectivity index (χ0n) is 12.8. The summed E-state index contributed by atoms with van der Waals surface area (Å²) >= 11 is 0. The van der Waals surface area contributed by atoms with Crippen LogP contribution >= 0.6 is 0 Å². The van der Waals surface area contributed by atoms with E-state index in [1.807, 2.05) is 7.05 Å². The predicted octanol–water partition coefficient (Wildman–Crippen LogP) is 3.05. The van der Waals surface area contributed by atoms with E-state index in [4.69, 9.17) is 4.74 Å². The zero-order chi connectivity index (χ0) is 14.1. The van der Waals surface area contributed by atoms with E-state index in [2.05, 4.69) is 48.3 Å². The largest absolute Gasteiger partial charge is 0.383 e. The molecule has 0 saturated heterocycles. The third-order valence-electron chi connectivity index (χ3n) is 3.59. The van der Waals surface area contributed by atoms with Crippen LogP contribution in [0, 0.1) is 0 Å². The van der Waals surface area contributed by atoms with Gasteiger partial charge in [-0.1, -0.05) is 32.0 Å². The summed E-state index contributed by atoms with van der Waals surface area (Å²) in [5, 5.41) is 3.25. The molecule has 0 aliphatic carbocycles. The molecule has 108 valence electrons. The number of hydrogen-bond acceptors (Lipinski definition) is 3. The fraction of sp³-hybridized carbons (Fsp3) is 0.625. The second kappa shape index (κ2) is 8.94. The number of para-hydroxylation sites is 1. The first kappa shape index (κ1) is 16.0. The number of anilines is 1. The molecular formula is C16H28N2O. The van der Waals surface area contributed by atoms with E-state index in [1.54, 1.807) is 7.11 Å². The molecule has 0 heterocycles. The molecule has 0 aliphatic rings. The van der Waals surface area contributed by atoms with Crippen molar-refractivity contribution in [2.75, 3.05) is 32.2 Å². The molecule has 0 aliphatic heterocycles. The molecular weight excluding hydrogens is 236 g/mol. The molecule has 1 rings (SSSR count). The van der Waals surface area contributed by atoms with Crippen molar-refractivity contribution < 1.29 is 4.74 Å². The molecule has 1 aromatic rings. The van der Waals surface area contributed by atoms with Gasteiger partial charge in [0.15, 0.2) is 0 Å². The van der Waals surface area contributed by atoms with Crippen molar-refractivity contribution in [3.8, 4) is 0 Å². The van der Waals surface area contributed by atoms with Crippen molar-refractivity contribution in [2.45, 2.75) is 39.3 Å². The number of ether oxygens (including phenoxy) is 1. The van der Waals surface area contributed by atoms with Gasteiger partial charge in [0.25, 0.3) is 0 Å². The molecule has 1 N–H and O–H groups in total. The van der Waals surface area contributed by atoms with E-state index in [1.165, 1.54) is 11.3 Å². The highest BCUT2D eigenvalue weighted by molar-refractivity contribution is 5.54. The number of nitrogens with zero attached hydrogens (tertiary/aromatic N) is 1. The van der Waals surface area contributed by atoms with E-state index in [0.717, 1.165) is 32.5 Å². The third-order valence-corrected chi connectivity index (χ3v) is 3.59. The van der Waals surface area contributed by atoms with Gasteiger partial charge in [0.2, 0.25) is 0 Å². The van der Waals surface area contributed by atoms with Crippen LogP contribution in [0.4, 0.5) is 5.69 Å². The molecule has 0 atom stereocenters. The standard InChI is InChI=1S/C16H28N2O/c1-5-15(6-2)18(11-12-19-4)16-10-8-7-9-14(16)13-17-3/h7-10,15,17H,5-6,11-13H2,1-4H3. The van der Waals surface area contributed by atoms with Gasteiger partial charge in [0.1, 0.15) is 0 Å². The SMILES string of the molecule is CCC(CC)N(CCOC)c1ccccc1CNC. The fourth-order valence-corrected chi connectivity index (χ4v) is 2.55. The Bertz CT molecular complexity index is 350. The lowest BCUT2D eigenvalue weighted by Crippen LogP contribution is -2.38. The Morgan fingerprint density at radius 2 is 1.89 bits per heavy atom. The van der Waals surface area contributed by atoms with E-state index >= 15 is 0 Å². The maximum Gasteiger partial charge on any atom is 0.0637 e. The highest BCUT2D eigenvalue weighted by atomic mass is 16.5. The van der Waals surface area contributed by atoms with Crippen LogP contribution in [-0.4, -0.2) is 33.4 Å². The molecule has 0 radical (unpaired) electrons. The first-order chi connectivity index (χ1) is 9.28. The minimum absolute atomic E-state index is 0.577. The number of nitrogens with one attached hydrogen (secondary N) is 1. The Labute approximate surface area is 118 Å². The van der Waals surface area contributed by atoms with Gasteiger partial charge in [0.05, 0.1) is 6.61 Å². The third kappa shape index (κ3) is 4.51. The molecule has 0 saturated carbocycles. The summed E-state index contributed by atoms with van der Waals surface area (Å²) in [5.74, 6) is 0. The summed E-state index contributed by atoms with van der Waals surface area (Å²) in [6, 6.07) is 9.23. The van der Waals surface area contributed by atoms with Crippen LogP contribution in [0.1, 0.15) is 32.3 Å². The van der Waals surface area contributed by atoms with Crippen LogP contribution in [0.3, 0.4) is 0 Å². The fourth-order valence-electron chi connectivity index (χ4n) is 2.55. The summed E-state index contributed by atoms with van der Waals surface area (Å²) in [6.45, 7) is 7.14. The van der Waals surface area contributed by atoms with E-state index in [-0.39, 0.29) is 0 Å². The Balaban J connectivity index is 3.01. The molecule has 0 unspecified atom stereocenters. The maximum atomic E-state index is 5.28. The lowest BCUT2D eigenvalue weighted by molar-refractivity contribution is 0.202. The van der Waals surface area contributed by atoms with Crippen molar-refractivity contribution in [3.63, 3.8) is 0 Å². The highest BCUT2D eigenvalue weighted by Gasteiger charge is 2.17. The number of rotatable bonds is 9. The van der Waals surface area contributed by atoms with Gasteiger partial charge >= 0.3 is 0 Å². The zero-order valence-corrected chi connectivity index (χ0v) is 12.8. The number of benzene rings is 1. The second-order valence-electron chi connectivity index (χ2n) is 4.82. The molecule has 0 fully saturated rings. The molecule has 19 heavy (non-hydrogen) atoms. The number of methoxy groups -OCH3 is 1. The van der Waals surface area contributed by atoms with E-state index < -0.39 is 0 Å². The van der Waals surface area contributed by atoms with Crippen molar-refractivity contribution in [2.24, 2.45) is 0 Å². The maximum absolute atomic E-state index is 5.28. The minimum Gasteiger partial charge on any atom is -0.383 e. The monoisotopic (exact) mass is 264 g/mol. The Morgan fingerprint density at radius 3 is 2.47 bits per heavy atom.